The van der Waals surface area contributed by atoms with Gasteiger partial charge in [-0.25, -0.2) is 4.79 Å². The Morgan fingerprint density at radius 2 is 1.65 bits per heavy atom. The summed E-state index contributed by atoms with van der Waals surface area (Å²) in [6.45, 7) is 1.83. The third-order valence-electron chi connectivity index (χ3n) is 2.56. The SMILES string of the molecule is Cc1ccccc1C(=O)Oc1ccccc1[C-]=O.[OH-].[Rb+]. The van der Waals surface area contributed by atoms with Crippen LogP contribution in [-0.2, 0) is 4.79 Å². The van der Waals surface area contributed by atoms with Crippen LogP contribution in [0.3, 0.4) is 0 Å². The molecular formula is C15H12O4Rb-. The van der Waals surface area contributed by atoms with Gasteiger partial charge in [0.1, 0.15) is 0 Å². The average molecular weight is 342 g/mol. The number of esters is 1. The van der Waals surface area contributed by atoms with Crippen LogP contribution < -0.4 is 62.9 Å². The number of aryl methyl sites for hydroxylation is 1. The minimum atomic E-state index is -0.476. The Kier molecular flexibility index (Phi) is 9.01. The molecule has 0 atom stereocenters. The maximum absolute atomic E-state index is 12.0. The van der Waals surface area contributed by atoms with Gasteiger partial charge >= 0.3 is 64.2 Å². The molecule has 0 aliphatic rings. The smallest absolute Gasteiger partial charge is 0.870 e. The van der Waals surface area contributed by atoms with Crippen LogP contribution in [0, 0.1) is 6.92 Å². The van der Waals surface area contributed by atoms with Crippen molar-refractivity contribution in [2.75, 3.05) is 0 Å². The van der Waals surface area contributed by atoms with Crippen LogP contribution in [0.25, 0.3) is 0 Å². The van der Waals surface area contributed by atoms with Crippen molar-refractivity contribution in [2.24, 2.45) is 0 Å². The summed E-state index contributed by atoms with van der Waals surface area (Å²) in [5.41, 5.74) is 1.55. The Hall–Kier alpha value is -0.655. The van der Waals surface area contributed by atoms with Crippen LogP contribution in [0.5, 0.6) is 5.75 Å². The van der Waals surface area contributed by atoms with Crippen LogP contribution in [0.4, 0.5) is 0 Å². The first-order valence-corrected chi connectivity index (χ1v) is 5.47. The molecule has 0 aliphatic carbocycles. The standard InChI is InChI=1S/C15H11O3.H2O.Rb/c1-11-6-2-4-8-13(11)15(17)18-14-9-5-3-7-12(14)10-16;;/h2-9H,1H3;1H2;/q-1;;+1/p-1. The fourth-order valence-electron chi connectivity index (χ4n) is 1.60. The third kappa shape index (κ3) is 4.72. The Morgan fingerprint density at radius 3 is 2.30 bits per heavy atom. The van der Waals surface area contributed by atoms with Crippen LogP contribution >= 0.6 is 0 Å². The first-order valence-electron chi connectivity index (χ1n) is 5.47. The predicted molar refractivity (Wildman–Crippen MR) is 69.3 cm³/mol. The molecule has 0 saturated heterocycles. The van der Waals surface area contributed by atoms with E-state index in [-0.39, 0.29) is 75.0 Å². The molecule has 1 N–H and O–H groups in total. The third-order valence-corrected chi connectivity index (χ3v) is 2.56. The van der Waals surface area contributed by atoms with Crippen molar-refractivity contribution in [3.05, 3.63) is 65.2 Å². The van der Waals surface area contributed by atoms with Gasteiger partial charge in [0.05, 0.1) is 11.8 Å². The van der Waals surface area contributed by atoms with Crippen molar-refractivity contribution in [3.8, 4) is 5.75 Å². The van der Waals surface area contributed by atoms with Gasteiger partial charge in [0.25, 0.3) is 0 Å². The molecule has 2 aromatic carbocycles. The van der Waals surface area contributed by atoms with Gasteiger partial charge in [0.15, 0.2) is 0 Å². The molecule has 0 amide bonds. The molecule has 2 aromatic rings. The van der Waals surface area contributed by atoms with E-state index in [4.69, 9.17) is 4.74 Å². The number of hydrogen-bond acceptors (Lipinski definition) is 4. The normalized spacial score (nSPS) is 8.85. The summed E-state index contributed by atoms with van der Waals surface area (Å²) in [5.74, 6) is -0.253. The molecule has 0 fully saturated rings. The first kappa shape index (κ1) is 19.3. The second-order valence-electron chi connectivity index (χ2n) is 3.80. The van der Waals surface area contributed by atoms with Crippen molar-refractivity contribution < 1.29 is 78.0 Å². The predicted octanol–water partition coefficient (Wildman–Crippen LogP) is -0.501. The van der Waals surface area contributed by atoms with Crippen LogP contribution in [0.1, 0.15) is 21.5 Å². The summed E-state index contributed by atoms with van der Waals surface area (Å²) >= 11 is 0. The molecule has 0 unspecified atom stereocenters. The van der Waals surface area contributed by atoms with E-state index < -0.39 is 5.97 Å². The van der Waals surface area contributed by atoms with Crippen LogP contribution in [0.2, 0.25) is 0 Å². The van der Waals surface area contributed by atoms with E-state index in [0.717, 1.165) is 5.56 Å². The summed E-state index contributed by atoms with van der Waals surface area (Å²) in [6.07, 6.45) is 1.74. The van der Waals surface area contributed by atoms with Crippen molar-refractivity contribution >= 4 is 12.3 Å². The number of benzene rings is 2. The zero-order chi connectivity index (χ0) is 13.0. The van der Waals surface area contributed by atoms with Gasteiger partial charge in [-0.1, -0.05) is 30.3 Å². The van der Waals surface area contributed by atoms with Gasteiger partial charge in [0, 0.05) is 5.75 Å². The first-order chi connectivity index (χ1) is 8.72. The van der Waals surface area contributed by atoms with Crippen molar-refractivity contribution in [1.29, 1.82) is 0 Å². The maximum atomic E-state index is 12.0. The Morgan fingerprint density at radius 1 is 1.05 bits per heavy atom. The molecule has 0 radical (unpaired) electrons. The van der Waals surface area contributed by atoms with Crippen LogP contribution in [-0.4, -0.2) is 17.7 Å². The summed E-state index contributed by atoms with van der Waals surface area (Å²) in [7, 11) is 0. The van der Waals surface area contributed by atoms with E-state index in [1.165, 1.54) is 0 Å². The number of para-hydroxylation sites is 1. The fraction of sp³-hybridized carbons (Fsp3) is 0.0667. The zero-order valence-electron chi connectivity index (χ0n) is 11.3. The molecule has 98 valence electrons. The molecule has 5 heteroatoms. The van der Waals surface area contributed by atoms with Gasteiger partial charge < -0.3 is 15.0 Å². The summed E-state index contributed by atoms with van der Waals surface area (Å²) < 4.78 is 5.20. The number of ether oxygens (including phenoxy) is 1. The minimum Gasteiger partial charge on any atom is -0.870 e. The van der Waals surface area contributed by atoms with E-state index in [9.17, 15) is 9.59 Å². The second kappa shape index (κ2) is 9.31. The minimum absolute atomic E-state index is 0. The number of rotatable bonds is 3. The van der Waals surface area contributed by atoms with Gasteiger partial charge in [-0.05, 0) is 18.6 Å². The second-order valence-corrected chi connectivity index (χ2v) is 3.80. The molecule has 0 spiro atoms. The number of hydrogen-bond donors (Lipinski definition) is 0. The molecular weight excluding hydrogens is 330 g/mol. The quantitative estimate of drug-likeness (QED) is 0.428. The summed E-state index contributed by atoms with van der Waals surface area (Å²) in [6, 6.07) is 13.6. The van der Waals surface area contributed by atoms with E-state index in [1.807, 2.05) is 19.1 Å². The molecule has 0 bridgehead atoms. The van der Waals surface area contributed by atoms with Gasteiger partial charge in [-0.2, -0.15) is 6.07 Å². The molecule has 4 nitrogen and oxygen atoms in total. The molecule has 0 heterocycles. The monoisotopic (exact) mass is 341 g/mol. The van der Waals surface area contributed by atoms with Crippen molar-refractivity contribution in [3.63, 3.8) is 0 Å². The molecule has 2 rings (SSSR count). The fourth-order valence-corrected chi connectivity index (χ4v) is 1.60. The molecule has 0 saturated carbocycles. The van der Waals surface area contributed by atoms with Crippen LogP contribution in [0.15, 0.2) is 48.5 Å². The van der Waals surface area contributed by atoms with Crippen molar-refractivity contribution in [2.45, 2.75) is 6.92 Å². The van der Waals surface area contributed by atoms with Gasteiger partial charge in [0.2, 0.25) is 0 Å². The topological polar surface area (TPSA) is 73.4 Å². The molecule has 20 heavy (non-hydrogen) atoms. The molecule has 0 aliphatic heterocycles. The van der Waals surface area contributed by atoms with E-state index in [1.54, 1.807) is 42.7 Å². The van der Waals surface area contributed by atoms with Gasteiger partial charge in [-0.15, -0.1) is 11.6 Å². The van der Waals surface area contributed by atoms with Crippen molar-refractivity contribution in [1.82, 2.24) is 0 Å². The van der Waals surface area contributed by atoms with E-state index in [2.05, 4.69) is 0 Å². The van der Waals surface area contributed by atoms with Gasteiger partial charge in [-0.3, -0.25) is 0 Å². The molecule has 0 aromatic heterocycles. The largest absolute Gasteiger partial charge is 1.00 e. The Balaban J connectivity index is 0.00000180. The summed E-state index contributed by atoms with van der Waals surface area (Å²) in [4.78, 5) is 22.6. The average Bonchev–Trinajstić information content (AvgIpc) is 2.39. The zero-order valence-corrected chi connectivity index (χ0v) is 16.2. The Labute approximate surface area is 166 Å². The van der Waals surface area contributed by atoms with E-state index in [0.29, 0.717) is 5.56 Å². The summed E-state index contributed by atoms with van der Waals surface area (Å²) in [5, 5.41) is 0. The number of carbonyl (C=O) groups excluding carboxylic acids is 2. The maximum Gasteiger partial charge on any atom is 1.00 e. The Bertz CT molecular complexity index is 596. The number of carbonyl (C=O) groups is 1. The van der Waals surface area contributed by atoms with E-state index >= 15 is 0 Å².